The van der Waals surface area contributed by atoms with E-state index in [1.165, 1.54) is 18.4 Å². The van der Waals surface area contributed by atoms with Gasteiger partial charge in [0.05, 0.1) is 0 Å². The highest BCUT2D eigenvalue weighted by Gasteiger charge is 2.24. The van der Waals surface area contributed by atoms with Crippen LogP contribution in [0.1, 0.15) is 38.3 Å². The zero-order valence-electron chi connectivity index (χ0n) is 12.9. The first kappa shape index (κ1) is 15.5. The van der Waals surface area contributed by atoms with Crippen LogP contribution in [0.3, 0.4) is 0 Å². The molecule has 2 unspecified atom stereocenters. The first-order valence-electron chi connectivity index (χ1n) is 7.74. The number of hydrogen-bond acceptors (Lipinski definition) is 2. The van der Waals surface area contributed by atoms with E-state index in [1.54, 1.807) is 12.1 Å². The van der Waals surface area contributed by atoms with Crippen LogP contribution in [0.2, 0.25) is 0 Å². The molecule has 0 saturated carbocycles. The Kier molecular flexibility index (Phi) is 5.55. The van der Waals surface area contributed by atoms with Crippen molar-refractivity contribution in [2.75, 3.05) is 26.7 Å². The monoisotopic (exact) mass is 278 g/mol. The molecule has 1 aromatic carbocycles. The number of nitrogens with one attached hydrogen (secondary N) is 1. The lowest BCUT2D eigenvalue weighted by Gasteiger charge is -2.35. The highest BCUT2D eigenvalue weighted by Crippen LogP contribution is 2.29. The van der Waals surface area contributed by atoms with Gasteiger partial charge in [0.1, 0.15) is 5.82 Å². The summed E-state index contributed by atoms with van der Waals surface area (Å²) in [6.45, 7) is 7.87. The van der Waals surface area contributed by atoms with Crippen molar-refractivity contribution >= 4 is 0 Å². The molecule has 1 heterocycles. The largest absolute Gasteiger partial charge is 0.316 e. The van der Waals surface area contributed by atoms with Gasteiger partial charge in [0, 0.05) is 12.6 Å². The van der Waals surface area contributed by atoms with Crippen molar-refractivity contribution in [2.24, 2.45) is 11.8 Å². The van der Waals surface area contributed by atoms with E-state index in [4.69, 9.17) is 0 Å². The van der Waals surface area contributed by atoms with Crippen LogP contribution >= 0.6 is 0 Å². The Morgan fingerprint density at radius 2 is 2.00 bits per heavy atom. The maximum Gasteiger partial charge on any atom is 0.123 e. The normalized spacial score (nSPS) is 21.4. The number of piperidine rings is 1. The average Bonchev–Trinajstić information content (AvgIpc) is 2.42. The standard InChI is InChI=1S/C17H27FN2/c1-13(2)17(15-6-8-16(18)9-7-15)20(3)12-14-5-4-10-19-11-14/h6-9,13-14,17,19H,4-5,10-12H2,1-3H3. The number of halogens is 1. The Morgan fingerprint density at radius 1 is 1.30 bits per heavy atom. The van der Waals surface area contributed by atoms with Crippen LogP contribution < -0.4 is 5.32 Å². The zero-order chi connectivity index (χ0) is 14.5. The molecule has 0 aromatic heterocycles. The summed E-state index contributed by atoms with van der Waals surface area (Å²) in [5.74, 6) is 1.09. The third-order valence-electron chi connectivity index (χ3n) is 4.26. The highest BCUT2D eigenvalue weighted by molar-refractivity contribution is 5.20. The minimum absolute atomic E-state index is 0.157. The first-order valence-corrected chi connectivity index (χ1v) is 7.74. The molecule has 1 N–H and O–H groups in total. The van der Waals surface area contributed by atoms with Crippen molar-refractivity contribution in [1.82, 2.24) is 10.2 Å². The molecule has 3 heteroatoms. The molecular formula is C17H27FN2. The molecule has 1 aromatic rings. The molecule has 2 nitrogen and oxygen atoms in total. The molecule has 1 fully saturated rings. The van der Waals surface area contributed by atoms with Gasteiger partial charge < -0.3 is 5.32 Å². The molecule has 20 heavy (non-hydrogen) atoms. The summed E-state index contributed by atoms with van der Waals surface area (Å²) in [6.07, 6.45) is 2.59. The Labute approximate surface area is 122 Å². The van der Waals surface area contributed by atoms with Crippen LogP contribution in [0.4, 0.5) is 4.39 Å². The molecule has 0 amide bonds. The smallest absolute Gasteiger partial charge is 0.123 e. The van der Waals surface area contributed by atoms with E-state index in [0.29, 0.717) is 12.0 Å². The molecular weight excluding hydrogens is 251 g/mol. The van der Waals surface area contributed by atoms with E-state index < -0.39 is 0 Å². The van der Waals surface area contributed by atoms with Crippen molar-refractivity contribution in [3.63, 3.8) is 0 Å². The van der Waals surface area contributed by atoms with E-state index in [-0.39, 0.29) is 5.82 Å². The van der Waals surface area contributed by atoms with Crippen LogP contribution in [0, 0.1) is 17.7 Å². The van der Waals surface area contributed by atoms with Gasteiger partial charge in [-0.1, -0.05) is 26.0 Å². The summed E-state index contributed by atoms with van der Waals surface area (Å²) in [7, 11) is 2.20. The Bertz CT molecular complexity index is 396. The van der Waals surface area contributed by atoms with Crippen LogP contribution in [0.25, 0.3) is 0 Å². The van der Waals surface area contributed by atoms with Crippen LogP contribution in [-0.2, 0) is 0 Å². The summed E-state index contributed by atoms with van der Waals surface area (Å²) < 4.78 is 13.1. The predicted octanol–water partition coefficient (Wildman–Crippen LogP) is 3.45. The Morgan fingerprint density at radius 3 is 2.55 bits per heavy atom. The van der Waals surface area contributed by atoms with Gasteiger partial charge in [-0.25, -0.2) is 4.39 Å². The third-order valence-corrected chi connectivity index (χ3v) is 4.26. The van der Waals surface area contributed by atoms with Crippen LogP contribution in [-0.4, -0.2) is 31.6 Å². The predicted molar refractivity (Wildman–Crippen MR) is 82.2 cm³/mol. The van der Waals surface area contributed by atoms with Gasteiger partial charge in [0.25, 0.3) is 0 Å². The number of rotatable bonds is 5. The molecule has 1 aliphatic heterocycles. The lowest BCUT2D eigenvalue weighted by molar-refractivity contribution is 0.154. The third kappa shape index (κ3) is 4.03. The SMILES string of the molecule is CC(C)C(c1ccc(F)cc1)N(C)CC1CCCNC1. The van der Waals surface area contributed by atoms with E-state index in [9.17, 15) is 4.39 Å². The Hall–Kier alpha value is -0.930. The van der Waals surface area contributed by atoms with E-state index in [1.807, 2.05) is 12.1 Å². The van der Waals surface area contributed by atoms with Crippen molar-refractivity contribution < 1.29 is 4.39 Å². The molecule has 0 spiro atoms. The fourth-order valence-electron chi connectivity index (χ4n) is 3.41. The zero-order valence-corrected chi connectivity index (χ0v) is 12.9. The lowest BCUT2D eigenvalue weighted by Crippen LogP contribution is -2.39. The summed E-state index contributed by atoms with van der Waals surface area (Å²) >= 11 is 0. The molecule has 2 rings (SSSR count). The van der Waals surface area contributed by atoms with E-state index >= 15 is 0 Å². The summed E-state index contributed by atoms with van der Waals surface area (Å²) in [4.78, 5) is 2.44. The molecule has 1 saturated heterocycles. The lowest BCUT2D eigenvalue weighted by atomic mass is 9.92. The molecule has 0 bridgehead atoms. The highest BCUT2D eigenvalue weighted by atomic mass is 19.1. The Balaban J connectivity index is 2.05. The van der Waals surface area contributed by atoms with Gasteiger partial charge >= 0.3 is 0 Å². The van der Waals surface area contributed by atoms with Gasteiger partial charge in [-0.2, -0.15) is 0 Å². The second-order valence-electron chi connectivity index (χ2n) is 6.39. The van der Waals surface area contributed by atoms with Crippen LogP contribution in [0.15, 0.2) is 24.3 Å². The molecule has 1 aliphatic rings. The van der Waals surface area contributed by atoms with E-state index in [2.05, 4.69) is 31.1 Å². The second-order valence-corrected chi connectivity index (χ2v) is 6.39. The summed E-state index contributed by atoms with van der Waals surface area (Å²) in [5.41, 5.74) is 1.22. The molecule has 2 atom stereocenters. The van der Waals surface area contributed by atoms with Crippen LogP contribution in [0.5, 0.6) is 0 Å². The minimum atomic E-state index is -0.157. The number of hydrogen-bond donors (Lipinski definition) is 1. The molecule has 0 radical (unpaired) electrons. The first-order chi connectivity index (χ1) is 9.58. The minimum Gasteiger partial charge on any atom is -0.316 e. The fourth-order valence-corrected chi connectivity index (χ4v) is 3.41. The van der Waals surface area contributed by atoms with Gasteiger partial charge in [-0.05, 0) is 62.5 Å². The summed E-state index contributed by atoms with van der Waals surface area (Å²) in [6, 6.07) is 7.35. The van der Waals surface area contributed by atoms with Crippen molar-refractivity contribution in [3.05, 3.63) is 35.6 Å². The number of benzene rings is 1. The summed E-state index contributed by atoms with van der Waals surface area (Å²) in [5, 5.41) is 3.48. The van der Waals surface area contributed by atoms with Crippen molar-refractivity contribution in [2.45, 2.75) is 32.7 Å². The van der Waals surface area contributed by atoms with Gasteiger partial charge in [0.15, 0.2) is 0 Å². The maximum atomic E-state index is 13.1. The van der Waals surface area contributed by atoms with Gasteiger partial charge in [-0.3, -0.25) is 4.90 Å². The average molecular weight is 278 g/mol. The quantitative estimate of drug-likeness (QED) is 0.887. The second kappa shape index (κ2) is 7.19. The fraction of sp³-hybridized carbons (Fsp3) is 0.647. The number of nitrogens with zero attached hydrogens (tertiary/aromatic N) is 1. The van der Waals surface area contributed by atoms with Crippen molar-refractivity contribution in [3.8, 4) is 0 Å². The van der Waals surface area contributed by atoms with Gasteiger partial charge in [-0.15, -0.1) is 0 Å². The van der Waals surface area contributed by atoms with E-state index in [0.717, 1.165) is 25.6 Å². The topological polar surface area (TPSA) is 15.3 Å². The van der Waals surface area contributed by atoms with Gasteiger partial charge in [0.2, 0.25) is 0 Å². The molecule has 0 aliphatic carbocycles. The molecule has 112 valence electrons. The maximum absolute atomic E-state index is 13.1. The van der Waals surface area contributed by atoms with Crippen molar-refractivity contribution in [1.29, 1.82) is 0 Å².